The van der Waals surface area contributed by atoms with Crippen molar-refractivity contribution in [1.82, 2.24) is 10.2 Å². The van der Waals surface area contributed by atoms with Crippen LogP contribution in [0.25, 0.3) is 0 Å². The monoisotopic (exact) mass is 226 g/mol. The van der Waals surface area contributed by atoms with E-state index in [9.17, 15) is 0 Å². The molecule has 15 heavy (non-hydrogen) atoms. The van der Waals surface area contributed by atoms with Crippen molar-refractivity contribution in [3.63, 3.8) is 0 Å². The van der Waals surface area contributed by atoms with E-state index in [0.717, 1.165) is 10.8 Å². The zero-order valence-electron chi connectivity index (χ0n) is 7.84. The van der Waals surface area contributed by atoms with E-state index in [4.69, 9.17) is 15.0 Å². The number of furan rings is 1. The van der Waals surface area contributed by atoms with Gasteiger partial charge in [-0.3, -0.25) is 5.43 Å². The Hall–Kier alpha value is -1.44. The minimum absolute atomic E-state index is 0.403. The molecule has 0 fully saturated rings. The van der Waals surface area contributed by atoms with Gasteiger partial charge in [-0.25, -0.2) is 5.84 Å². The standard InChI is InChI=1S/C8H10N4O2S/c9-10-8-12-11-7(15-8)5-13-4-6-2-1-3-14-6/h1-3H,4-5,9H2,(H,10,12). The summed E-state index contributed by atoms with van der Waals surface area (Å²) in [5, 5.41) is 9.00. The van der Waals surface area contributed by atoms with E-state index in [2.05, 4.69) is 15.6 Å². The van der Waals surface area contributed by atoms with Crippen molar-refractivity contribution in [3.8, 4) is 0 Å². The molecule has 0 atom stereocenters. The minimum atomic E-state index is 0.403. The quantitative estimate of drug-likeness (QED) is 0.587. The van der Waals surface area contributed by atoms with Crippen molar-refractivity contribution in [2.45, 2.75) is 13.2 Å². The Kier molecular flexibility index (Phi) is 3.28. The second-order valence-electron chi connectivity index (χ2n) is 2.72. The molecule has 0 amide bonds. The molecule has 2 aromatic rings. The first-order valence-electron chi connectivity index (χ1n) is 4.27. The molecule has 0 aliphatic carbocycles. The van der Waals surface area contributed by atoms with Crippen LogP contribution in [0, 0.1) is 0 Å². The normalized spacial score (nSPS) is 10.5. The lowest BCUT2D eigenvalue weighted by atomic mass is 10.5. The molecule has 0 saturated heterocycles. The van der Waals surface area contributed by atoms with Crippen molar-refractivity contribution in [3.05, 3.63) is 29.2 Å². The van der Waals surface area contributed by atoms with Crippen LogP contribution in [0.1, 0.15) is 10.8 Å². The SMILES string of the molecule is NNc1nnc(COCc2ccco2)s1. The maximum absolute atomic E-state index is 5.37. The first-order valence-corrected chi connectivity index (χ1v) is 5.09. The average Bonchev–Trinajstić information content (AvgIpc) is 2.88. The molecular formula is C8H10N4O2S. The van der Waals surface area contributed by atoms with E-state index in [-0.39, 0.29) is 0 Å². The lowest BCUT2D eigenvalue weighted by Gasteiger charge is -1.97. The van der Waals surface area contributed by atoms with Crippen LogP contribution < -0.4 is 11.3 Å². The number of anilines is 1. The molecule has 2 heterocycles. The Balaban J connectivity index is 1.78. The lowest BCUT2D eigenvalue weighted by Crippen LogP contribution is -2.05. The molecule has 2 rings (SSSR count). The van der Waals surface area contributed by atoms with Gasteiger partial charge in [0.05, 0.1) is 6.26 Å². The Morgan fingerprint density at radius 1 is 1.47 bits per heavy atom. The third-order valence-electron chi connectivity index (χ3n) is 1.64. The fourth-order valence-electron chi connectivity index (χ4n) is 1.00. The van der Waals surface area contributed by atoms with Crippen molar-refractivity contribution < 1.29 is 9.15 Å². The molecule has 0 radical (unpaired) electrons. The van der Waals surface area contributed by atoms with Crippen molar-refractivity contribution in [1.29, 1.82) is 0 Å². The number of hydrogen-bond donors (Lipinski definition) is 2. The van der Waals surface area contributed by atoms with Crippen LogP contribution in [-0.4, -0.2) is 10.2 Å². The maximum atomic E-state index is 5.37. The van der Waals surface area contributed by atoms with Gasteiger partial charge in [0.2, 0.25) is 5.13 Å². The molecule has 0 saturated carbocycles. The minimum Gasteiger partial charge on any atom is -0.467 e. The summed E-state index contributed by atoms with van der Waals surface area (Å²) >= 11 is 1.36. The third kappa shape index (κ3) is 2.75. The van der Waals surface area contributed by atoms with Gasteiger partial charge in [0.25, 0.3) is 0 Å². The highest BCUT2D eigenvalue weighted by molar-refractivity contribution is 7.15. The molecule has 0 spiro atoms. The highest BCUT2D eigenvalue weighted by Crippen LogP contribution is 2.15. The fraction of sp³-hybridized carbons (Fsp3) is 0.250. The third-order valence-corrected chi connectivity index (χ3v) is 2.47. The molecule has 3 N–H and O–H groups in total. The summed E-state index contributed by atoms with van der Waals surface area (Å²) in [5.74, 6) is 5.96. The Bertz CT molecular complexity index is 400. The second-order valence-corrected chi connectivity index (χ2v) is 3.78. The summed E-state index contributed by atoms with van der Waals surface area (Å²) in [6.45, 7) is 0.831. The second kappa shape index (κ2) is 4.87. The van der Waals surface area contributed by atoms with Crippen molar-refractivity contribution in [2.75, 3.05) is 5.43 Å². The van der Waals surface area contributed by atoms with Crippen LogP contribution in [0.15, 0.2) is 22.8 Å². The van der Waals surface area contributed by atoms with Crippen LogP contribution in [0.4, 0.5) is 5.13 Å². The number of rotatable bonds is 5. The van der Waals surface area contributed by atoms with Gasteiger partial charge < -0.3 is 9.15 Å². The van der Waals surface area contributed by atoms with Crippen LogP contribution in [-0.2, 0) is 18.0 Å². The van der Waals surface area contributed by atoms with E-state index in [0.29, 0.717) is 18.3 Å². The predicted octanol–water partition coefficient (Wildman–Crippen LogP) is 1.13. The molecule has 80 valence electrons. The number of nitrogen functional groups attached to an aromatic ring is 1. The van der Waals surface area contributed by atoms with Gasteiger partial charge in [0, 0.05) is 0 Å². The average molecular weight is 226 g/mol. The molecule has 6 nitrogen and oxygen atoms in total. The molecule has 0 aliphatic rings. The Labute approximate surface area is 90.0 Å². The largest absolute Gasteiger partial charge is 0.467 e. The van der Waals surface area contributed by atoms with Gasteiger partial charge in [-0.15, -0.1) is 10.2 Å². The van der Waals surface area contributed by atoms with Crippen LogP contribution >= 0.6 is 11.3 Å². The molecule has 2 aromatic heterocycles. The van der Waals surface area contributed by atoms with E-state index in [1.54, 1.807) is 6.26 Å². The predicted molar refractivity (Wildman–Crippen MR) is 54.9 cm³/mol. The van der Waals surface area contributed by atoms with E-state index >= 15 is 0 Å². The summed E-state index contributed by atoms with van der Waals surface area (Å²) in [6.07, 6.45) is 1.61. The first kappa shape index (κ1) is 10.1. The van der Waals surface area contributed by atoms with E-state index in [1.807, 2.05) is 12.1 Å². The topological polar surface area (TPSA) is 86.2 Å². The van der Waals surface area contributed by atoms with Gasteiger partial charge in [-0.1, -0.05) is 11.3 Å². The Morgan fingerprint density at radius 3 is 3.07 bits per heavy atom. The van der Waals surface area contributed by atoms with Gasteiger partial charge in [-0.05, 0) is 12.1 Å². The van der Waals surface area contributed by atoms with E-state index in [1.165, 1.54) is 11.3 Å². The summed E-state index contributed by atoms with van der Waals surface area (Å²) in [4.78, 5) is 0. The van der Waals surface area contributed by atoms with Gasteiger partial charge in [0.15, 0.2) is 0 Å². The Morgan fingerprint density at radius 2 is 2.40 bits per heavy atom. The number of nitrogens with two attached hydrogens (primary N) is 1. The molecule has 0 aromatic carbocycles. The van der Waals surface area contributed by atoms with Crippen molar-refractivity contribution in [2.24, 2.45) is 5.84 Å². The summed E-state index contributed by atoms with van der Waals surface area (Å²) in [5.41, 5.74) is 2.42. The zero-order chi connectivity index (χ0) is 10.5. The summed E-state index contributed by atoms with van der Waals surface area (Å²) in [7, 11) is 0. The van der Waals surface area contributed by atoms with Gasteiger partial charge in [0.1, 0.15) is 24.0 Å². The lowest BCUT2D eigenvalue weighted by molar-refractivity contribution is 0.0924. The fourth-order valence-corrected chi connectivity index (χ4v) is 1.59. The molecule has 0 unspecified atom stereocenters. The van der Waals surface area contributed by atoms with Gasteiger partial charge in [-0.2, -0.15) is 0 Å². The maximum Gasteiger partial charge on any atom is 0.219 e. The molecule has 7 heteroatoms. The van der Waals surface area contributed by atoms with E-state index < -0.39 is 0 Å². The van der Waals surface area contributed by atoms with Crippen LogP contribution in [0.5, 0.6) is 0 Å². The number of aromatic nitrogens is 2. The molecular weight excluding hydrogens is 216 g/mol. The van der Waals surface area contributed by atoms with Crippen LogP contribution in [0.2, 0.25) is 0 Å². The first-order chi connectivity index (χ1) is 7.38. The summed E-state index contributed by atoms with van der Waals surface area (Å²) < 4.78 is 10.5. The zero-order valence-corrected chi connectivity index (χ0v) is 8.66. The summed E-state index contributed by atoms with van der Waals surface area (Å²) in [6, 6.07) is 3.67. The van der Waals surface area contributed by atoms with Crippen LogP contribution in [0.3, 0.4) is 0 Å². The molecule has 0 aliphatic heterocycles. The number of hydrazine groups is 1. The number of nitrogens with one attached hydrogen (secondary N) is 1. The molecule has 0 bridgehead atoms. The van der Waals surface area contributed by atoms with Crippen molar-refractivity contribution >= 4 is 16.5 Å². The highest BCUT2D eigenvalue weighted by Gasteiger charge is 2.03. The van der Waals surface area contributed by atoms with Gasteiger partial charge >= 0.3 is 0 Å². The number of nitrogens with zero attached hydrogens (tertiary/aromatic N) is 2. The smallest absolute Gasteiger partial charge is 0.219 e. The number of hydrogen-bond acceptors (Lipinski definition) is 7. The number of ether oxygens (including phenoxy) is 1. The highest BCUT2D eigenvalue weighted by atomic mass is 32.1.